The molecule has 2 N–H and O–H groups in total. The van der Waals surface area contributed by atoms with Crippen LogP contribution in [-0.4, -0.2) is 51.8 Å². The average Bonchev–Trinajstić information content (AvgIpc) is 3.28. The van der Waals surface area contributed by atoms with Gasteiger partial charge in [0.15, 0.2) is 0 Å². The molecule has 0 bridgehead atoms. The highest BCUT2D eigenvalue weighted by atomic mass is 35.5. The van der Waals surface area contributed by atoms with Gasteiger partial charge in [-0.2, -0.15) is 10.1 Å². The normalized spacial score (nSPS) is 15.0. The maximum Gasteiger partial charge on any atom is 0.246 e. The molecule has 1 fully saturated rings. The predicted molar refractivity (Wildman–Crippen MR) is 157 cm³/mol. The second-order valence-corrected chi connectivity index (χ2v) is 10.3. The molecule has 3 heterocycles. The molecule has 1 aliphatic heterocycles. The fraction of sp³-hybridized carbons (Fsp3) is 0.233. The molecular formula is C30H30ClN7. The first-order chi connectivity index (χ1) is 18.6. The highest BCUT2D eigenvalue weighted by molar-refractivity contribution is 6.30. The Kier molecular flexibility index (Phi) is 6.94. The van der Waals surface area contributed by atoms with Crippen LogP contribution in [0.4, 0.5) is 11.8 Å². The molecule has 192 valence electrons. The number of halogens is 1. The summed E-state index contributed by atoms with van der Waals surface area (Å²) in [5, 5.41) is 11.1. The van der Waals surface area contributed by atoms with E-state index >= 15 is 0 Å². The second kappa shape index (κ2) is 10.8. The van der Waals surface area contributed by atoms with E-state index in [-0.39, 0.29) is 0 Å². The average molecular weight is 524 g/mol. The number of nitrogens with zero attached hydrogens (tertiary/aromatic N) is 5. The molecule has 0 radical (unpaired) electrons. The first-order valence-electron chi connectivity index (χ1n) is 13.0. The van der Waals surface area contributed by atoms with Gasteiger partial charge in [0.25, 0.3) is 0 Å². The number of anilines is 2. The second-order valence-electron chi connectivity index (χ2n) is 9.86. The zero-order chi connectivity index (χ0) is 25.9. The third-order valence-electron chi connectivity index (χ3n) is 7.12. The van der Waals surface area contributed by atoms with Gasteiger partial charge in [-0.25, -0.2) is 10.4 Å². The number of hydrazone groups is 1. The van der Waals surface area contributed by atoms with E-state index in [0.29, 0.717) is 12.0 Å². The van der Waals surface area contributed by atoms with Crippen molar-refractivity contribution in [1.29, 1.82) is 0 Å². The number of aromatic nitrogens is 3. The van der Waals surface area contributed by atoms with Gasteiger partial charge in [0.05, 0.1) is 11.7 Å². The van der Waals surface area contributed by atoms with E-state index in [1.54, 1.807) is 0 Å². The van der Waals surface area contributed by atoms with E-state index in [0.717, 1.165) is 70.7 Å². The molecule has 1 saturated heterocycles. The van der Waals surface area contributed by atoms with Crippen molar-refractivity contribution >= 4 is 51.4 Å². The summed E-state index contributed by atoms with van der Waals surface area (Å²) in [5.74, 6) is 1.32. The third-order valence-corrected chi connectivity index (χ3v) is 7.37. The Morgan fingerprint density at radius 1 is 0.947 bits per heavy atom. The van der Waals surface area contributed by atoms with Crippen molar-refractivity contribution in [2.24, 2.45) is 5.10 Å². The minimum Gasteiger partial charge on any atom is -0.367 e. The molecule has 1 aliphatic rings. The van der Waals surface area contributed by atoms with Gasteiger partial charge < -0.3 is 14.8 Å². The highest BCUT2D eigenvalue weighted by Gasteiger charge is 2.18. The summed E-state index contributed by atoms with van der Waals surface area (Å²) in [7, 11) is 2.17. The van der Waals surface area contributed by atoms with E-state index in [9.17, 15) is 0 Å². The number of hydrogen-bond acceptors (Lipinski definition) is 6. The largest absolute Gasteiger partial charge is 0.367 e. The molecule has 8 heteroatoms. The maximum absolute atomic E-state index is 6.07. The Morgan fingerprint density at radius 2 is 1.68 bits per heavy atom. The minimum atomic E-state index is 0.396. The van der Waals surface area contributed by atoms with Crippen LogP contribution >= 0.6 is 11.6 Å². The summed E-state index contributed by atoms with van der Waals surface area (Å²) < 4.78 is 2.23. The third kappa shape index (κ3) is 5.35. The Morgan fingerprint density at radius 3 is 2.50 bits per heavy atom. The lowest BCUT2D eigenvalue weighted by Gasteiger charge is -2.30. The Labute approximate surface area is 227 Å². The molecule has 6 rings (SSSR count). The summed E-state index contributed by atoms with van der Waals surface area (Å²) in [6, 6.07) is 24.8. The zero-order valence-electron chi connectivity index (χ0n) is 21.3. The van der Waals surface area contributed by atoms with Crippen LogP contribution < -0.4 is 10.7 Å². The Hall–Kier alpha value is -3.94. The van der Waals surface area contributed by atoms with Crippen LogP contribution in [0, 0.1) is 0 Å². The minimum absolute atomic E-state index is 0.396. The molecule has 3 aromatic carbocycles. The first-order valence-corrected chi connectivity index (χ1v) is 13.3. The topological polar surface area (TPSA) is 70.4 Å². The number of fused-ring (bicyclic) bond motifs is 2. The molecule has 0 spiro atoms. The smallest absolute Gasteiger partial charge is 0.246 e. The lowest BCUT2D eigenvalue weighted by molar-refractivity contribution is 0.264. The van der Waals surface area contributed by atoms with Crippen LogP contribution in [0.2, 0.25) is 5.02 Å². The van der Waals surface area contributed by atoms with Crippen LogP contribution in [-0.2, 0) is 6.54 Å². The van der Waals surface area contributed by atoms with Crippen molar-refractivity contribution in [2.75, 3.05) is 30.9 Å². The number of rotatable bonds is 7. The van der Waals surface area contributed by atoms with Gasteiger partial charge >= 0.3 is 0 Å². The molecule has 2 aromatic heterocycles. The molecule has 0 saturated carbocycles. The summed E-state index contributed by atoms with van der Waals surface area (Å²) >= 11 is 6.07. The number of nitrogens with one attached hydrogen (secondary N) is 2. The Bertz CT molecular complexity index is 1580. The van der Waals surface area contributed by atoms with Crippen LogP contribution in [0.3, 0.4) is 0 Å². The number of benzene rings is 3. The van der Waals surface area contributed by atoms with Gasteiger partial charge in [-0.05, 0) is 68.9 Å². The van der Waals surface area contributed by atoms with Gasteiger partial charge in [-0.15, -0.1) is 0 Å². The number of likely N-dealkylation sites (tertiary alicyclic amines) is 1. The molecule has 0 atom stereocenters. The Balaban J connectivity index is 1.24. The van der Waals surface area contributed by atoms with Crippen molar-refractivity contribution in [2.45, 2.75) is 25.4 Å². The molecule has 38 heavy (non-hydrogen) atoms. The maximum atomic E-state index is 6.07. The van der Waals surface area contributed by atoms with Crippen molar-refractivity contribution < 1.29 is 0 Å². The summed E-state index contributed by atoms with van der Waals surface area (Å²) in [4.78, 5) is 11.9. The SMILES string of the molecule is CN1CCC(Nc2nc(N/N=C/c3cn(Cc4ccc(Cl)cc4)c4ccccc34)nc3ccccc23)CC1. The van der Waals surface area contributed by atoms with Crippen LogP contribution in [0.25, 0.3) is 21.8 Å². The lowest BCUT2D eigenvalue weighted by atomic mass is 10.1. The van der Waals surface area contributed by atoms with E-state index in [1.807, 2.05) is 42.6 Å². The van der Waals surface area contributed by atoms with Crippen molar-refractivity contribution in [3.63, 3.8) is 0 Å². The van der Waals surface area contributed by atoms with Gasteiger partial charge in [0.1, 0.15) is 5.82 Å². The molecule has 0 unspecified atom stereocenters. The van der Waals surface area contributed by atoms with Crippen molar-refractivity contribution in [1.82, 2.24) is 19.4 Å². The zero-order valence-corrected chi connectivity index (χ0v) is 22.1. The fourth-order valence-corrected chi connectivity index (χ4v) is 5.16. The standard InChI is InChI=1S/C30H30ClN7/c1-37-16-14-24(15-17-37)33-29-26-7-2-4-8-27(26)34-30(35-29)36-32-18-22-20-38(28-9-5-3-6-25(22)28)19-21-10-12-23(31)13-11-21/h2-13,18,20,24H,14-17,19H2,1H3,(H2,33,34,35,36)/b32-18+. The van der Waals surface area contributed by atoms with E-state index in [1.165, 1.54) is 5.56 Å². The fourth-order valence-electron chi connectivity index (χ4n) is 5.04. The quantitative estimate of drug-likeness (QED) is 0.195. The van der Waals surface area contributed by atoms with Gasteiger partial charge in [0, 0.05) is 45.7 Å². The van der Waals surface area contributed by atoms with Crippen LogP contribution in [0.1, 0.15) is 24.0 Å². The van der Waals surface area contributed by atoms with E-state index in [2.05, 4.69) is 75.0 Å². The van der Waals surface area contributed by atoms with Crippen molar-refractivity contribution in [3.05, 3.63) is 95.1 Å². The molecule has 0 aliphatic carbocycles. The summed E-state index contributed by atoms with van der Waals surface area (Å²) in [5.41, 5.74) is 7.31. The monoisotopic (exact) mass is 523 g/mol. The summed E-state index contributed by atoms with van der Waals surface area (Å²) in [6.07, 6.45) is 6.15. The lowest BCUT2D eigenvalue weighted by Crippen LogP contribution is -2.37. The predicted octanol–water partition coefficient (Wildman–Crippen LogP) is 6.24. The number of piperidine rings is 1. The molecule has 5 aromatic rings. The molecule has 0 amide bonds. The van der Waals surface area contributed by atoms with E-state index in [4.69, 9.17) is 21.6 Å². The first kappa shape index (κ1) is 24.4. The van der Waals surface area contributed by atoms with Gasteiger partial charge in [-0.3, -0.25) is 0 Å². The number of hydrogen-bond donors (Lipinski definition) is 2. The molecular weight excluding hydrogens is 494 g/mol. The van der Waals surface area contributed by atoms with E-state index < -0.39 is 0 Å². The van der Waals surface area contributed by atoms with Crippen LogP contribution in [0.15, 0.2) is 84.1 Å². The number of para-hydroxylation sites is 2. The summed E-state index contributed by atoms with van der Waals surface area (Å²) in [6.45, 7) is 2.92. The molecule has 7 nitrogen and oxygen atoms in total. The van der Waals surface area contributed by atoms with Crippen LogP contribution in [0.5, 0.6) is 0 Å². The highest BCUT2D eigenvalue weighted by Crippen LogP contribution is 2.25. The van der Waals surface area contributed by atoms with Gasteiger partial charge in [-0.1, -0.05) is 54.1 Å². The van der Waals surface area contributed by atoms with Crippen molar-refractivity contribution in [3.8, 4) is 0 Å². The van der Waals surface area contributed by atoms with Gasteiger partial charge in [0.2, 0.25) is 5.95 Å².